The fourth-order valence-corrected chi connectivity index (χ4v) is 1.23. The highest BCUT2D eigenvalue weighted by Gasteiger charge is 2.08. The van der Waals surface area contributed by atoms with E-state index in [-0.39, 0.29) is 18.2 Å². The minimum absolute atomic E-state index is 0.0408. The highest BCUT2D eigenvalue weighted by molar-refractivity contribution is 5.67. The molecule has 0 saturated carbocycles. The minimum Gasteiger partial charge on any atom is -0.508 e. The lowest BCUT2D eigenvalue weighted by Crippen LogP contribution is -2.26. The highest BCUT2D eigenvalue weighted by Crippen LogP contribution is 2.11. The van der Waals surface area contributed by atoms with Crippen LogP contribution in [0.25, 0.3) is 0 Å². The normalized spacial score (nSPS) is 12.4. The molecule has 0 amide bonds. The second kappa shape index (κ2) is 4.62. The molecule has 14 heavy (non-hydrogen) atoms. The van der Waals surface area contributed by atoms with Gasteiger partial charge in [0.05, 0.1) is 6.42 Å². The topological polar surface area (TPSA) is 83.6 Å². The fourth-order valence-electron chi connectivity index (χ4n) is 1.23. The molecule has 0 bridgehead atoms. The largest absolute Gasteiger partial charge is 0.508 e. The smallest absolute Gasteiger partial charge is 0.304 e. The van der Waals surface area contributed by atoms with E-state index in [0.717, 1.165) is 5.56 Å². The fraction of sp³-hybridized carbons (Fsp3) is 0.300. The zero-order valence-corrected chi connectivity index (χ0v) is 7.68. The minimum atomic E-state index is -0.892. The number of carboxylic acid groups (broad SMARTS) is 1. The molecule has 0 saturated heterocycles. The summed E-state index contributed by atoms with van der Waals surface area (Å²) in [6.07, 6.45) is 0.466. The van der Waals surface area contributed by atoms with E-state index >= 15 is 0 Å². The Morgan fingerprint density at radius 3 is 2.43 bits per heavy atom. The number of hydrogen-bond donors (Lipinski definition) is 3. The van der Waals surface area contributed by atoms with Gasteiger partial charge in [0.15, 0.2) is 0 Å². The Hall–Kier alpha value is -1.55. The van der Waals surface area contributed by atoms with E-state index in [4.69, 9.17) is 15.9 Å². The Kier molecular flexibility index (Phi) is 3.48. The van der Waals surface area contributed by atoms with Crippen molar-refractivity contribution in [3.63, 3.8) is 0 Å². The van der Waals surface area contributed by atoms with Crippen LogP contribution in [-0.4, -0.2) is 22.2 Å². The molecule has 4 nitrogen and oxygen atoms in total. The van der Waals surface area contributed by atoms with Crippen molar-refractivity contribution in [2.24, 2.45) is 5.73 Å². The Balaban J connectivity index is 2.51. The first kappa shape index (κ1) is 10.5. The predicted octanol–water partition coefficient (Wildman–Crippen LogP) is 0.737. The number of hydrogen-bond acceptors (Lipinski definition) is 3. The molecule has 0 aromatic heterocycles. The summed E-state index contributed by atoms with van der Waals surface area (Å²) in [6.45, 7) is 0. The summed E-state index contributed by atoms with van der Waals surface area (Å²) in [5, 5.41) is 17.5. The summed E-state index contributed by atoms with van der Waals surface area (Å²) in [5.74, 6) is -0.697. The summed E-state index contributed by atoms with van der Waals surface area (Å²) < 4.78 is 0. The Bertz CT molecular complexity index is 308. The van der Waals surface area contributed by atoms with E-state index in [9.17, 15) is 4.79 Å². The third-order valence-electron chi connectivity index (χ3n) is 1.87. The molecule has 0 unspecified atom stereocenters. The average Bonchev–Trinajstić information content (AvgIpc) is 2.07. The summed E-state index contributed by atoms with van der Waals surface area (Å²) in [4.78, 5) is 10.3. The first-order valence-electron chi connectivity index (χ1n) is 4.33. The van der Waals surface area contributed by atoms with Crippen LogP contribution in [0.15, 0.2) is 24.3 Å². The second-order valence-electron chi connectivity index (χ2n) is 3.23. The SMILES string of the molecule is N[C@@H](CC(=O)O)Cc1ccc(O)cc1. The predicted molar refractivity (Wildman–Crippen MR) is 52.0 cm³/mol. The maximum atomic E-state index is 10.3. The molecule has 1 rings (SSSR count). The quantitative estimate of drug-likeness (QED) is 0.661. The summed E-state index contributed by atoms with van der Waals surface area (Å²) in [6, 6.07) is 6.21. The van der Waals surface area contributed by atoms with Gasteiger partial charge in [0.25, 0.3) is 0 Å². The van der Waals surface area contributed by atoms with Crippen LogP contribution < -0.4 is 5.73 Å². The van der Waals surface area contributed by atoms with Crippen LogP contribution in [0.4, 0.5) is 0 Å². The van der Waals surface area contributed by atoms with Crippen LogP contribution >= 0.6 is 0 Å². The van der Waals surface area contributed by atoms with E-state index in [2.05, 4.69) is 0 Å². The molecule has 0 radical (unpaired) electrons. The second-order valence-corrected chi connectivity index (χ2v) is 3.23. The molecule has 0 aliphatic heterocycles. The maximum Gasteiger partial charge on any atom is 0.304 e. The lowest BCUT2D eigenvalue weighted by Gasteiger charge is -2.08. The van der Waals surface area contributed by atoms with E-state index in [1.807, 2.05) is 0 Å². The van der Waals surface area contributed by atoms with Crippen molar-refractivity contribution in [2.45, 2.75) is 18.9 Å². The molecule has 1 aromatic rings. The number of benzene rings is 1. The molecule has 4 heteroatoms. The molecule has 1 aromatic carbocycles. The maximum absolute atomic E-state index is 10.3. The zero-order valence-electron chi connectivity index (χ0n) is 7.68. The number of rotatable bonds is 4. The Morgan fingerprint density at radius 2 is 1.93 bits per heavy atom. The van der Waals surface area contributed by atoms with Gasteiger partial charge in [0.2, 0.25) is 0 Å². The van der Waals surface area contributed by atoms with Crippen molar-refractivity contribution in [2.75, 3.05) is 0 Å². The van der Waals surface area contributed by atoms with Crippen molar-refractivity contribution < 1.29 is 15.0 Å². The molecule has 0 heterocycles. The van der Waals surface area contributed by atoms with Crippen LogP contribution in [0.2, 0.25) is 0 Å². The van der Waals surface area contributed by atoms with Crippen molar-refractivity contribution in [3.8, 4) is 5.75 Å². The number of phenolic OH excluding ortho intramolecular Hbond substituents is 1. The number of carbonyl (C=O) groups is 1. The van der Waals surface area contributed by atoms with Crippen LogP contribution in [-0.2, 0) is 11.2 Å². The third kappa shape index (κ3) is 3.45. The number of phenols is 1. The van der Waals surface area contributed by atoms with E-state index in [1.165, 1.54) is 0 Å². The van der Waals surface area contributed by atoms with Gasteiger partial charge < -0.3 is 15.9 Å². The van der Waals surface area contributed by atoms with Gasteiger partial charge in [-0.3, -0.25) is 4.79 Å². The van der Waals surface area contributed by atoms with Gasteiger partial charge in [-0.1, -0.05) is 12.1 Å². The van der Waals surface area contributed by atoms with Gasteiger partial charge in [0.1, 0.15) is 5.75 Å². The molecule has 0 aliphatic carbocycles. The van der Waals surface area contributed by atoms with E-state index in [1.54, 1.807) is 24.3 Å². The number of aromatic hydroxyl groups is 1. The molecule has 4 N–H and O–H groups in total. The first-order chi connectivity index (χ1) is 6.58. The van der Waals surface area contributed by atoms with Gasteiger partial charge >= 0.3 is 5.97 Å². The monoisotopic (exact) mass is 195 g/mol. The number of carboxylic acids is 1. The number of aliphatic carboxylic acids is 1. The molecule has 0 aliphatic rings. The molecule has 0 spiro atoms. The van der Waals surface area contributed by atoms with Gasteiger partial charge in [-0.15, -0.1) is 0 Å². The van der Waals surface area contributed by atoms with Gasteiger partial charge in [-0.05, 0) is 24.1 Å². The van der Waals surface area contributed by atoms with Crippen LogP contribution in [0.5, 0.6) is 5.75 Å². The van der Waals surface area contributed by atoms with E-state index in [0.29, 0.717) is 6.42 Å². The van der Waals surface area contributed by atoms with Gasteiger partial charge in [-0.25, -0.2) is 0 Å². The standard InChI is InChI=1S/C10H13NO3/c11-8(6-10(13)14)5-7-1-3-9(12)4-2-7/h1-4,8,12H,5-6,11H2,(H,13,14)/t8-/m1/s1. The Morgan fingerprint density at radius 1 is 1.36 bits per heavy atom. The third-order valence-corrected chi connectivity index (χ3v) is 1.87. The first-order valence-corrected chi connectivity index (χ1v) is 4.33. The lowest BCUT2D eigenvalue weighted by molar-refractivity contribution is -0.137. The van der Waals surface area contributed by atoms with Crippen LogP contribution in [0, 0.1) is 0 Å². The molecule has 0 fully saturated rings. The molecule has 1 atom stereocenters. The molecular formula is C10H13NO3. The highest BCUT2D eigenvalue weighted by atomic mass is 16.4. The number of nitrogens with two attached hydrogens (primary N) is 1. The zero-order chi connectivity index (χ0) is 10.6. The van der Waals surface area contributed by atoms with Crippen LogP contribution in [0.3, 0.4) is 0 Å². The van der Waals surface area contributed by atoms with Crippen molar-refractivity contribution in [1.82, 2.24) is 0 Å². The summed E-state index contributed by atoms with van der Waals surface area (Å²) in [7, 11) is 0. The van der Waals surface area contributed by atoms with E-state index < -0.39 is 5.97 Å². The van der Waals surface area contributed by atoms with Crippen molar-refractivity contribution in [3.05, 3.63) is 29.8 Å². The van der Waals surface area contributed by atoms with Gasteiger partial charge in [-0.2, -0.15) is 0 Å². The van der Waals surface area contributed by atoms with Gasteiger partial charge in [0, 0.05) is 6.04 Å². The average molecular weight is 195 g/mol. The van der Waals surface area contributed by atoms with Crippen molar-refractivity contribution in [1.29, 1.82) is 0 Å². The summed E-state index contributed by atoms with van der Waals surface area (Å²) >= 11 is 0. The molecular weight excluding hydrogens is 182 g/mol. The van der Waals surface area contributed by atoms with Crippen LogP contribution in [0.1, 0.15) is 12.0 Å². The molecule has 76 valence electrons. The van der Waals surface area contributed by atoms with Crippen molar-refractivity contribution >= 4 is 5.97 Å². The Labute approximate surface area is 82.0 Å². The lowest BCUT2D eigenvalue weighted by atomic mass is 10.0. The summed E-state index contributed by atoms with van der Waals surface area (Å²) in [5.41, 5.74) is 6.53.